The van der Waals surface area contributed by atoms with Crippen LogP contribution in [-0.4, -0.2) is 41.3 Å². The first-order valence-electron chi connectivity index (χ1n) is 8.19. The third-order valence-electron chi connectivity index (χ3n) is 4.36. The summed E-state index contributed by atoms with van der Waals surface area (Å²) in [6.45, 7) is 3.41. The van der Waals surface area contributed by atoms with Gasteiger partial charge in [-0.25, -0.2) is 0 Å². The standard InChI is InChI=1S/C15H24N4O3/c1-10-14(16-7-8-21-10)15-18-12(19-22-15)9-13(20)17-11-5-3-2-4-6-11/h10-11,14,16H,2-9H2,1H3,(H,17,20)/t10-,14+/m1/s1. The lowest BCUT2D eigenvalue weighted by molar-refractivity contribution is -0.121. The number of hydrogen-bond acceptors (Lipinski definition) is 6. The molecule has 2 aliphatic rings. The van der Waals surface area contributed by atoms with Crippen molar-refractivity contribution in [2.24, 2.45) is 0 Å². The van der Waals surface area contributed by atoms with Crippen LogP contribution in [0.1, 0.15) is 56.8 Å². The molecule has 0 radical (unpaired) electrons. The molecule has 1 aliphatic carbocycles. The molecule has 3 rings (SSSR count). The Morgan fingerprint density at radius 3 is 2.95 bits per heavy atom. The van der Waals surface area contributed by atoms with Gasteiger partial charge in [0.25, 0.3) is 0 Å². The second-order valence-electron chi connectivity index (χ2n) is 6.14. The highest BCUT2D eigenvalue weighted by Gasteiger charge is 2.28. The fourth-order valence-corrected chi connectivity index (χ4v) is 3.14. The van der Waals surface area contributed by atoms with Gasteiger partial charge in [-0.1, -0.05) is 24.4 Å². The predicted octanol–water partition coefficient (Wildman–Crippen LogP) is 1.11. The van der Waals surface area contributed by atoms with Crippen molar-refractivity contribution < 1.29 is 14.1 Å². The fourth-order valence-electron chi connectivity index (χ4n) is 3.14. The minimum Gasteiger partial charge on any atom is -0.375 e. The van der Waals surface area contributed by atoms with Crippen molar-refractivity contribution in [3.8, 4) is 0 Å². The highest BCUT2D eigenvalue weighted by atomic mass is 16.5. The minimum atomic E-state index is -0.101. The maximum Gasteiger partial charge on any atom is 0.246 e. The van der Waals surface area contributed by atoms with Crippen LogP contribution < -0.4 is 10.6 Å². The van der Waals surface area contributed by atoms with Crippen LogP contribution in [0.15, 0.2) is 4.52 Å². The number of ether oxygens (including phenoxy) is 1. The largest absolute Gasteiger partial charge is 0.375 e. The van der Waals surface area contributed by atoms with Crippen LogP contribution in [0.25, 0.3) is 0 Å². The first-order valence-corrected chi connectivity index (χ1v) is 8.19. The van der Waals surface area contributed by atoms with Crippen LogP contribution in [0.3, 0.4) is 0 Å². The molecule has 1 saturated heterocycles. The molecule has 2 fully saturated rings. The molecule has 0 aromatic carbocycles. The van der Waals surface area contributed by atoms with E-state index in [2.05, 4.69) is 20.8 Å². The molecule has 2 atom stereocenters. The highest BCUT2D eigenvalue weighted by Crippen LogP contribution is 2.20. The summed E-state index contributed by atoms with van der Waals surface area (Å²) in [5, 5.41) is 10.3. The molecule has 2 heterocycles. The molecule has 22 heavy (non-hydrogen) atoms. The molecule has 1 amide bonds. The summed E-state index contributed by atoms with van der Waals surface area (Å²) < 4.78 is 10.8. The van der Waals surface area contributed by atoms with E-state index in [0.29, 0.717) is 24.4 Å². The van der Waals surface area contributed by atoms with E-state index in [0.717, 1.165) is 19.4 Å². The zero-order chi connectivity index (χ0) is 15.4. The summed E-state index contributed by atoms with van der Waals surface area (Å²) in [6.07, 6.45) is 5.97. The summed E-state index contributed by atoms with van der Waals surface area (Å²) in [5.74, 6) is 0.899. The van der Waals surface area contributed by atoms with Crippen molar-refractivity contribution in [2.45, 2.75) is 63.6 Å². The van der Waals surface area contributed by atoms with Crippen LogP contribution in [0.5, 0.6) is 0 Å². The Kier molecular flexibility index (Phi) is 5.04. The molecular formula is C15H24N4O3. The monoisotopic (exact) mass is 308 g/mol. The number of hydrogen-bond donors (Lipinski definition) is 2. The Bertz CT molecular complexity index is 499. The molecule has 2 N–H and O–H groups in total. The van der Waals surface area contributed by atoms with E-state index in [1.165, 1.54) is 19.3 Å². The van der Waals surface area contributed by atoms with Crippen LogP contribution in [0, 0.1) is 0 Å². The summed E-state index contributed by atoms with van der Waals surface area (Å²) in [7, 11) is 0. The molecule has 122 valence electrons. The van der Waals surface area contributed by atoms with E-state index in [4.69, 9.17) is 9.26 Å². The van der Waals surface area contributed by atoms with Crippen molar-refractivity contribution in [2.75, 3.05) is 13.2 Å². The van der Waals surface area contributed by atoms with E-state index in [-0.39, 0.29) is 24.5 Å². The maximum absolute atomic E-state index is 12.1. The summed E-state index contributed by atoms with van der Waals surface area (Å²) >= 11 is 0. The van der Waals surface area contributed by atoms with E-state index >= 15 is 0 Å². The number of nitrogens with one attached hydrogen (secondary N) is 2. The molecule has 1 aliphatic heterocycles. The highest BCUT2D eigenvalue weighted by molar-refractivity contribution is 5.78. The minimum absolute atomic E-state index is 0.0156. The number of aromatic nitrogens is 2. The van der Waals surface area contributed by atoms with Gasteiger partial charge in [-0.05, 0) is 19.8 Å². The molecular weight excluding hydrogens is 284 g/mol. The SMILES string of the molecule is C[C@H]1OCCN[C@@H]1c1nc(CC(=O)NC2CCCCC2)no1. The van der Waals surface area contributed by atoms with Gasteiger partial charge in [-0.2, -0.15) is 4.98 Å². The molecule has 0 unspecified atom stereocenters. The molecule has 1 aromatic heterocycles. The van der Waals surface area contributed by atoms with Gasteiger partial charge in [-0.3, -0.25) is 4.79 Å². The normalized spacial score (nSPS) is 26.8. The average molecular weight is 308 g/mol. The number of amides is 1. The second-order valence-corrected chi connectivity index (χ2v) is 6.14. The summed E-state index contributed by atoms with van der Waals surface area (Å²) in [4.78, 5) is 16.4. The zero-order valence-corrected chi connectivity index (χ0v) is 13.0. The van der Waals surface area contributed by atoms with E-state index < -0.39 is 0 Å². The lowest BCUT2D eigenvalue weighted by Crippen LogP contribution is -2.40. The number of carbonyl (C=O) groups is 1. The topological polar surface area (TPSA) is 89.3 Å². The quantitative estimate of drug-likeness (QED) is 0.866. The Morgan fingerprint density at radius 2 is 2.18 bits per heavy atom. The van der Waals surface area contributed by atoms with Crippen LogP contribution in [-0.2, 0) is 16.0 Å². The Morgan fingerprint density at radius 1 is 1.36 bits per heavy atom. The average Bonchev–Trinajstić information content (AvgIpc) is 2.97. The molecule has 7 nitrogen and oxygen atoms in total. The fraction of sp³-hybridized carbons (Fsp3) is 0.800. The Balaban J connectivity index is 1.53. The molecule has 0 spiro atoms. The van der Waals surface area contributed by atoms with Gasteiger partial charge >= 0.3 is 0 Å². The lowest BCUT2D eigenvalue weighted by Gasteiger charge is -2.27. The van der Waals surface area contributed by atoms with Gasteiger partial charge in [0.1, 0.15) is 6.04 Å². The number of nitrogens with zero attached hydrogens (tertiary/aromatic N) is 2. The van der Waals surface area contributed by atoms with Crippen molar-refractivity contribution in [1.29, 1.82) is 0 Å². The van der Waals surface area contributed by atoms with Gasteiger partial charge < -0.3 is 19.9 Å². The third kappa shape index (κ3) is 3.84. The first-order chi connectivity index (χ1) is 10.7. The van der Waals surface area contributed by atoms with Crippen LogP contribution >= 0.6 is 0 Å². The zero-order valence-electron chi connectivity index (χ0n) is 13.0. The maximum atomic E-state index is 12.1. The smallest absolute Gasteiger partial charge is 0.246 e. The summed E-state index contributed by atoms with van der Waals surface area (Å²) in [6, 6.07) is 0.206. The Labute approximate surface area is 130 Å². The lowest BCUT2D eigenvalue weighted by atomic mass is 9.95. The predicted molar refractivity (Wildman–Crippen MR) is 79.2 cm³/mol. The van der Waals surface area contributed by atoms with Crippen molar-refractivity contribution in [3.05, 3.63) is 11.7 Å². The van der Waals surface area contributed by atoms with Crippen molar-refractivity contribution in [3.63, 3.8) is 0 Å². The number of rotatable bonds is 4. The summed E-state index contributed by atoms with van der Waals surface area (Å²) in [5.41, 5.74) is 0. The van der Waals surface area contributed by atoms with Crippen molar-refractivity contribution in [1.82, 2.24) is 20.8 Å². The molecule has 1 aromatic rings. The van der Waals surface area contributed by atoms with Gasteiger partial charge in [0.2, 0.25) is 11.8 Å². The molecule has 0 bridgehead atoms. The molecule has 1 saturated carbocycles. The van der Waals surface area contributed by atoms with E-state index in [1.54, 1.807) is 0 Å². The van der Waals surface area contributed by atoms with Gasteiger partial charge in [-0.15, -0.1) is 0 Å². The number of morpholine rings is 1. The van der Waals surface area contributed by atoms with Gasteiger partial charge in [0, 0.05) is 12.6 Å². The molecule has 7 heteroatoms. The van der Waals surface area contributed by atoms with E-state index in [9.17, 15) is 4.79 Å². The van der Waals surface area contributed by atoms with Crippen molar-refractivity contribution >= 4 is 5.91 Å². The van der Waals surface area contributed by atoms with Crippen LogP contribution in [0.4, 0.5) is 0 Å². The second kappa shape index (κ2) is 7.19. The third-order valence-corrected chi connectivity index (χ3v) is 4.36. The van der Waals surface area contributed by atoms with Crippen LogP contribution in [0.2, 0.25) is 0 Å². The van der Waals surface area contributed by atoms with Gasteiger partial charge in [0.15, 0.2) is 5.82 Å². The van der Waals surface area contributed by atoms with Gasteiger partial charge in [0.05, 0.1) is 19.1 Å². The van der Waals surface area contributed by atoms with E-state index in [1.807, 2.05) is 6.92 Å². The number of carbonyl (C=O) groups excluding carboxylic acids is 1. The Hall–Kier alpha value is -1.47. The first kappa shape index (κ1) is 15.4.